The van der Waals surface area contributed by atoms with Gasteiger partial charge in [0, 0.05) is 44.2 Å². The summed E-state index contributed by atoms with van der Waals surface area (Å²) in [6.07, 6.45) is 6.02. The lowest BCUT2D eigenvalue weighted by Crippen LogP contribution is -2.56. The molecule has 0 radical (unpaired) electrons. The van der Waals surface area contributed by atoms with Gasteiger partial charge in [0.1, 0.15) is 12.4 Å². The van der Waals surface area contributed by atoms with E-state index in [1.165, 1.54) is 6.92 Å². The monoisotopic (exact) mass is 950 g/mol. The summed E-state index contributed by atoms with van der Waals surface area (Å²) in [4.78, 5) is 98.5. The minimum Gasteiger partial charge on any atom is -0.449 e. The summed E-state index contributed by atoms with van der Waals surface area (Å²) in [5, 5.41) is 8.18. The van der Waals surface area contributed by atoms with Crippen LogP contribution in [0.3, 0.4) is 0 Å². The molecule has 2 aromatic rings. The topological polar surface area (TPSA) is 221 Å². The van der Waals surface area contributed by atoms with Crippen LogP contribution in [0, 0.1) is 36.0 Å². The van der Waals surface area contributed by atoms with E-state index in [-0.39, 0.29) is 69.2 Å². The summed E-state index contributed by atoms with van der Waals surface area (Å²) in [5.74, 6) is -3.88. The lowest BCUT2D eigenvalue weighted by Gasteiger charge is -2.33. The number of rotatable bonds is 30. The van der Waals surface area contributed by atoms with Crippen LogP contribution in [-0.2, 0) is 70.2 Å². The summed E-state index contributed by atoms with van der Waals surface area (Å²) in [7, 11) is -4.16. The van der Waals surface area contributed by atoms with Gasteiger partial charge in [0.15, 0.2) is 11.4 Å². The van der Waals surface area contributed by atoms with Crippen molar-refractivity contribution in [3.05, 3.63) is 71.8 Å². The van der Waals surface area contributed by atoms with Gasteiger partial charge in [0.2, 0.25) is 23.5 Å². The van der Waals surface area contributed by atoms with Gasteiger partial charge < -0.3 is 25.4 Å². The normalized spacial score (nSPS) is 15.8. The van der Waals surface area contributed by atoms with E-state index in [0.717, 1.165) is 17.4 Å². The third-order valence-corrected chi connectivity index (χ3v) is 11.8. The number of nitrogens with zero attached hydrogens (tertiary/aromatic N) is 1. The smallest absolute Gasteiger partial charge is 0.307 e. The fourth-order valence-corrected chi connectivity index (χ4v) is 8.16. The third-order valence-electron chi connectivity index (χ3n) is 11.2. The lowest BCUT2D eigenvalue weighted by molar-refractivity contribution is -0.170. The van der Waals surface area contributed by atoms with Crippen molar-refractivity contribution in [3.63, 3.8) is 0 Å². The molecule has 3 N–H and O–H groups in total. The maximum Gasteiger partial charge on any atom is 0.307 e. The predicted molar refractivity (Wildman–Crippen MR) is 253 cm³/mol. The zero-order valence-corrected chi connectivity index (χ0v) is 40.7. The number of hydrogen-bond donors (Lipinski definition) is 3. The number of ketones is 3. The molecule has 16 nitrogen and oxygen atoms in total. The number of ether oxygens (including phenoxy) is 2. The van der Waals surface area contributed by atoms with Gasteiger partial charge >= 0.3 is 5.97 Å². The first kappa shape index (κ1) is 56.0. The molecule has 1 aliphatic heterocycles. The van der Waals surface area contributed by atoms with Gasteiger partial charge in [0.05, 0.1) is 51.1 Å². The second-order valence-corrected chi connectivity index (χ2v) is 20.0. The predicted octanol–water partition coefficient (Wildman–Crippen LogP) is 3.78. The minimum absolute atomic E-state index is 0.0196. The highest BCUT2D eigenvalue weighted by Gasteiger charge is 2.44. The van der Waals surface area contributed by atoms with Gasteiger partial charge in [-0.1, -0.05) is 94.3 Å². The molecule has 1 fully saturated rings. The Morgan fingerprint density at radius 2 is 1.37 bits per heavy atom. The number of esters is 1. The van der Waals surface area contributed by atoms with Gasteiger partial charge in [-0.05, 0) is 62.0 Å². The molecule has 1 heterocycles. The molecule has 0 bridgehead atoms. The van der Waals surface area contributed by atoms with Gasteiger partial charge in [-0.2, -0.15) is 8.42 Å². The van der Waals surface area contributed by atoms with Crippen LogP contribution in [0.5, 0.6) is 0 Å². The molecule has 368 valence electrons. The molecule has 3 amide bonds. The zero-order chi connectivity index (χ0) is 49.6. The number of aryl methyl sites for hydroxylation is 1. The van der Waals surface area contributed by atoms with Crippen LogP contribution in [0.4, 0.5) is 0 Å². The molecule has 67 heavy (non-hydrogen) atoms. The Bertz CT molecular complexity index is 2100. The average Bonchev–Trinajstić information content (AvgIpc) is 3.27. The van der Waals surface area contributed by atoms with Crippen molar-refractivity contribution >= 4 is 51.2 Å². The number of amides is 3. The molecule has 2 aromatic carbocycles. The van der Waals surface area contributed by atoms with Gasteiger partial charge in [-0.15, -0.1) is 6.42 Å². The van der Waals surface area contributed by atoms with E-state index in [0.29, 0.717) is 39.1 Å². The Hall–Kier alpha value is -5.28. The van der Waals surface area contributed by atoms with Crippen LogP contribution < -0.4 is 16.0 Å². The van der Waals surface area contributed by atoms with Crippen molar-refractivity contribution in [1.82, 2.24) is 20.9 Å². The second kappa shape index (κ2) is 28.1. The van der Waals surface area contributed by atoms with E-state index >= 15 is 0 Å². The third kappa shape index (κ3) is 21.5. The van der Waals surface area contributed by atoms with Crippen molar-refractivity contribution in [2.75, 3.05) is 52.3 Å². The van der Waals surface area contributed by atoms with Gasteiger partial charge in [0.25, 0.3) is 10.1 Å². The molecule has 1 unspecified atom stereocenters. The van der Waals surface area contributed by atoms with E-state index in [9.17, 15) is 42.0 Å². The summed E-state index contributed by atoms with van der Waals surface area (Å²) in [6, 6.07) is 16.2. The van der Waals surface area contributed by atoms with Crippen molar-refractivity contribution in [1.29, 1.82) is 0 Å². The van der Waals surface area contributed by atoms with Crippen LogP contribution in [0.1, 0.15) is 90.7 Å². The minimum atomic E-state index is -4.16. The molecule has 0 spiro atoms. The molecule has 3 rings (SSSR count). The highest BCUT2D eigenvalue weighted by Crippen LogP contribution is 2.24. The highest BCUT2D eigenvalue weighted by molar-refractivity contribution is 7.86. The Labute approximate surface area is 396 Å². The number of terminal acetylenes is 1. The SMILES string of the molecule is C#CCNC(=O)CCC(=O)OC(C)(COS(C)(=O)=O)C(=O)[C@H](CC(C)C)NC(=O)[C@@H](CC(=O)[C@H](CC(C)C)NC(=O)[C@H](CCc1ccccc1)CC(=O)CN1CCOCC1)Cc1ccccc1. The van der Waals surface area contributed by atoms with E-state index in [1.54, 1.807) is 44.2 Å². The molecule has 0 aliphatic carbocycles. The Morgan fingerprint density at radius 3 is 1.96 bits per heavy atom. The molecular formula is C50H70N4O12S. The number of carbonyl (C=O) groups excluding carboxylic acids is 7. The first-order chi connectivity index (χ1) is 31.7. The molecule has 0 aromatic heterocycles. The molecule has 0 saturated carbocycles. The highest BCUT2D eigenvalue weighted by atomic mass is 32.2. The van der Waals surface area contributed by atoms with Gasteiger partial charge in [-0.25, -0.2) is 0 Å². The quantitative estimate of drug-likeness (QED) is 0.0578. The molecule has 5 atom stereocenters. The van der Waals surface area contributed by atoms with Crippen molar-refractivity contribution in [2.45, 2.75) is 110 Å². The molecule has 1 saturated heterocycles. The van der Waals surface area contributed by atoms with E-state index in [2.05, 4.69) is 21.9 Å². The number of Topliss-reactive ketones (excluding diaryl/α,β-unsaturated/α-hetero) is 3. The maximum absolute atomic E-state index is 14.5. The van der Waals surface area contributed by atoms with Crippen LogP contribution in [0.15, 0.2) is 60.7 Å². The maximum atomic E-state index is 14.5. The van der Waals surface area contributed by atoms with Crippen molar-refractivity contribution in [2.24, 2.45) is 23.7 Å². The van der Waals surface area contributed by atoms with Crippen LogP contribution in [-0.4, -0.2) is 124 Å². The Kier molecular flexibility index (Phi) is 23.5. The fourth-order valence-electron chi connectivity index (χ4n) is 7.72. The lowest BCUT2D eigenvalue weighted by atomic mass is 9.86. The summed E-state index contributed by atoms with van der Waals surface area (Å²) < 4.78 is 40.3. The summed E-state index contributed by atoms with van der Waals surface area (Å²) in [6.45, 7) is 10.0. The van der Waals surface area contributed by atoms with Crippen LogP contribution in [0.25, 0.3) is 0 Å². The Balaban J connectivity index is 1.92. The first-order valence-electron chi connectivity index (χ1n) is 23.0. The standard InChI is InChI=1S/C50H70N4O12S/c1-8-23-51-45(57)21-22-46(58)66-50(6,34-65-67(7,62)63)47(59)43(29-36(4)5)53-49(61)40(30-38-17-13-10-14-18-38)32-44(56)42(28-35(2)3)52-48(60)39(20-19-37-15-11-9-12-16-37)31-41(55)33-54-24-26-64-27-25-54/h1,9-18,35-36,39-40,42-43H,19-34H2,2-7H3,(H,51,57)(H,52,60)(H,53,61)/t39-,40-,42+,43+,50?/m1/s1. The van der Waals surface area contributed by atoms with E-state index in [4.69, 9.17) is 20.1 Å². The number of nitrogens with one attached hydrogen (secondary N) is 3. The fraction of sp³-hybridized carbons (Fsp3) is 0.580. The van der Waals surface area contributed by atoms with E-state index in [1.807, 2.05) is 49.1 Å². The number of benzene rings is 2. The summed E-state index contributed by atoms with van der Waals surface area (Å²) >= 11 is 0. The zero-order valence-electron chi connectivity index (χ0n) is 39.9. The largest absolute Gasteiger partial charge is 0.449 e. The molecule has 17 heteroatoms. The number of hydrogen-bond acceptors (Lipinski definition) is 13. The average molecular weight is 951 g/mol. The number of carbonyl (C=O) groups is 7. The molecular weight excluding hydrogens is 881 g/mol. The van der Waals surface area contributed by atoms with Crippen molar-refractivity contribution < 1.29 is 55.6 Å². The summed E-state index contributed by atoms with van der Waals surface area (Å²) in [5.41, 5.74) is -0.527. The van der Waals surface area contributed by atoms with Crippen molar-refractivity contribution in [3.8, 4) is 12.3 Å². The second-order valence-electron chi connectivity index (χ2n) is 18.3. The van der Waals surface area contributed by atoms with Crippen LogP contribution >= 0.6 is 0 Å². The number of morpholine rings is 1. The Morgan fingerprint density at radius 1 is 0.806 bits per heavy atom. The van der Waals surface area contributed by atoms with Crippen LogP contribution in [0.2, 0.25) is 0 Å². The van der Waals surface area contributed by atoms with Gasteiger partial charge in [-0.3, -0.25) is 42.6 Å². The molecule has 1 aliphatic rings. The van der Waals surface area contributed by atoms with E-state index < -0.39 is 87.9 Å². The first-order valence-corrected chi connectivity index (χ1v) is 24.8.